The molecule has 0 aliphatic heterocycles. The topological polar surface area (TPSA) is 0 Å². The highest BCUT2D eigenvalue weighted by Gasteiger charge is 2.67. The Kier molecular flexibility index (Phi) is 3.44. The van der Waals surface area contributed by atoms with Gasteiger partial charge in [-0.1, -0.05) is 52.2 Å². The fourth-order valence-electron chi connectivity index (χ4n) is 3.16. The van der Waals surface area contributed by atoms with Crippen LogP contribution < -0.4 is 0 Å². The molecule has 4 atom stereocenters. The van der Waals surface area contributed by atoms with Crippen LogP contribution in [-0.4, -0.2) is 25.7 Å². The van der Waals surface area contributed by atoms with Crippen molar-refractivity contribution in [3.05, 3.63) is 0 Å². The van der Waals surface area contributed by atoms with Crippen molar-refractivity contribution in [2.45, 2.75) is 69.1 Å². The van der Waals surface area contributed by atoms with Crippen LogP contribution in [0.4, 0.5) is 0 Å². The highest BCUT2D eigenvalue weighted by molar-refractivity contribution is 7.86. The van der Waals surface area contributed by atoms with Crippen molar-refractivity contribution in [2.24, 2.45) is 10.8 Å². The maximum absolute atomic E-state index is 6.61. The molecule has 0 saturated heterocycles. The fraction of sp³-hybridized carbons (Fsp3) is 1.00. The molecule has 0 N–H and O–H groups in total. The summed E-state index contributed by atoms with van der Waals surface area (Å²) in [6, 6.07) is 0. The number of hydrogen-bond donors (Lipinski definition) is 2. The molecule has 1 aliphatic rings. The van der Waals surface area contributed by atoms with E-state index in [1.165, 1.54) is 0 Å². The van der Waals surface area contributed by atoms with E-state index in [9.17, 15) is 0 Å². The summed E-state index contributed by atoms with van der Waals surface area (Å²) < 4.78 is -0.290. The third kappa shape index (κ3) is 1.55. The first-order valence-electron chi connectivity index (χ1n) is 6.14. The zero-order valence-corrected chi connectivity index (χ0v) is 13.9. The van der Waals surface area contributed by atoms with E-state index in [4.69, 9.17) is 41.0 Å². The summed E-state index contributed by atoms with van der Waals surface area (Å²) in [5.41, 5.74) is -0.239. The van der Waals surface area contributed by atoms with Crippen LogP contribution >= 0.6 is 25.3 Å². The summed E-state index contributed by atoms with van der Waals surface area (Å²) in [5.74, 6) is 0. The van der Waals surface area contributed by atoms with Crippen molar-refractivity contribution in [3.63, 3.8) is 0 Å². The second kappa shape index (κ2) is 3.68. The van der Waals surface area contributed by atoms with Crippen molar-refractivity contribution in [2.75, 3.05) is 0 Å². The van der Waals surface area contributed by atoms with Crippen molar-refractivity contribution < 1.29 is 0 Å². The van der Waals surface area contributed by atoms with Gasteiger partial charge in [0, 0.05) is 10.00 Å². The van der Waals surface area contributed by atoms with Crippen LogP contribution in [0.1, 0.15) is 48.5 Å². The van der Waals surface area contributed by atoms with Gasteiger partial charge in [0.1, 0.15) is 0 Å². The largest absolute Gasteiger partial charge is 0.175 e. The predicted octanol–water partition coefficient (Wildman–Crippen LogP) is 3.73. The summed E-state index contributed by atoms with van der Waals surface area (Å²) in [4.78, 5) is 0. The zero-order chi connectivity index (χ0) is 14.1. The first-order valence-corrected chi connectivity index (χ1v) is 7.10. The highest BCUT2D eigenvalue weighted by Crippen LogP contribution is 2.76. The van der Waals surface area contributed by atoms with Gasteiger partial charge >= 0.3 is 0 Å². The molecule has 4 unspecified atom stereocenters. The van der Waals surface area contributed by atoms with Crippen LogP contribution in [0.3, 0.4) is 0 Å². The second-order valence-electron chi connectivity index (χ2n) is 7.29. The monoisotopic (exact) mass is 266 g/mol. The molecule has 0 amide bonds. The average molecular weight is 266 g/mol. The molecule has 94 valence electrons. The minimum Gasteiger partial charge on any atom is -0.175 e. The van der Waals surface area contributed by atoms with E-state index in [0.29, 0.717) is 0 Å². The molecule has 1 saturated carbocycles. The summed E-state index contributed by atoms with van der Waals surface area (Å²) >= 11 is 9.63. The molecule has 0 aromatic rings. The van der Waals surface area contributed by atoms with Crippen LogP contribution in [0.2, 0.25) is 10.6 Å². The average Bonchev–Trinajstić information content (AvgIpc) is 2.13. The molecule has 1 rings (SSSR count). The van der Waals surface area contributed by atoms with E-state index in [0.717, 1.165) is 0 Å². The van der Waals surface area contributed by atoms with E-state index < -0.39 is 10.6 Å². The molecule has 17 heavy (non-hydrogen) atoms. The summed E-state index contributed by atoms with van der Waals surface area (Å²) in [7, 11) is 13.1. The standard InChI is InChI=1S/C13H24B2S2/c1-9(2)10(3,4)13(7,15)11(5,14)8(16)12(9,6)17/h8,16-17H,1-7H3. The summed E-state index contributed by atoms with van der Waals surface area (Å²) in [5, 5.41) is -1.17. The molecule has 4 heteroatoms. The Bertz CT molecular complexity index is 300. The highest BCUT2D eigenvalue weighted by atomic mass is 32.1. The molecular formula is C13H24B2S2. The lowest BCUT2D eigenvalue weighted by atomic mass is 9.28. The number of rotatable bonds is 0. The molecule has 0 nitrogen and oxygen atoms in total. The molecule has 0 spiro atoms. The third-order valence-corrected chi connectivity index (χ3v) is 8.42. The SMILES string of the molecule is [B]C1(C)C(S)C(C)(S)C(C)(C)C(C)(C)C1([B])C. The van der Waals surface area contributed by atoms with Crippen molar-refractivity contribution in [3.8, 4) is 0 Å². The zero-order valence-electron chi connectivity index (χ0n) is 12.1. The Morgan fingerprint density at radius 1 is 0.824 bits per heavy atom. The van der Waals surface area contributed by atoms with Gasteiger partial charge in [0.2, 0.25) is 0 Å². The maximum Gasteiger partial charge on any atom is 0.0755 e. The molecule has 0 aromatic carbocycles. The molecule has 0 heterocycles. The Labute approximate surface area is 121 Å². The van der Waals surface area contributed by atoms with Gasteiger partial charge in [0.05, 0.1) is 15.7 Å². The van der Waals surface area contributed by atoms with Crippen LogP contribution in [0, 0.1) is 10.8 Å². The lowest BCUT2D eigenvalue weighted by Gasteiger charge is -2.72. The quantitative estimate of drug-likeness (QED) is 0.484. The van der Waals surface area contributed by atoms with Gasteiger partial charge in [-0.25, -0.2) is 0 Å². The van der Waals surface area contributed by atoms with Gasteiger partial charge in [-0.3, -0.25) is 0 Å². The van der Waals surface area contributed by atoms with Gasteiger partial charge < -0.3 is 0 Å². The van der Waals surface area contributed by atoms with Crippen molar-refractivity contribution in [1.29, 1.82) is 0 Å². The number of hydrogen-bond acceptors (Lipinski definition) is 2. The lowest BCUT2D eigenvalue weighted by molar-refractivity contribution is -0.0331. The van der Waals surface area contributed by atoms with Gasteiger partial charge in [-0.05, 0) is 17.8 Å². The van der Waals surface area contributed by atoms with Crippen LogP contribution in [-0.2, 0) is 0 Å². The summed E-state index contributed by atoms with van der Waals surface area (Å²) in [6.07, 6.45) is 0. The Balaban J connectivity index is 3.56. The Morgan fingerprint density at radius 2 is 1.18 bits per heavy atom. The van der Waals surface area contributed by atoms with E-state index in [-0.39, 0.29) is 20.8 Å². The van der Waals surface area contributed by atoms with E-state index in [2.05, 4.69) is 34.6 Å². The molecule has 4 radical (unpaired) electrons. The maximum atomic E-state index is 6.61. The van der Waals surface area contributed by atoms with Gasteiger partial charge in [0.25, 0.3) is 0 Å². The van der Waals surface area contributed by atoms with Crippen LogP contribution in [0.5, 0.6) is 0 Å². The van der Waals surface area contributed by atoms with Crippen molar-refractivity contribution in [1.82, 2.24) is 0 Å². The Morgan fingerprint density at radius 3 is 1.53 bits per heavy atom. The molecular weight excluding hydrogens is 242 g/mol. The molecule has 1 aliphatic carbocycles. The second-order valence-corrected chi connectivity index (χ2v) is 8.73. The summed E-state index contributed by atoms with van der Waals surface area (Å²) in [6.45, 7) is 15.0. The smallest absolute Gasteiger partial charge is 0.0755 e. The van der Waals surface area contributed by atoms with Crippen molar-refractivity contribution >= 4 is 41.0 Å². The minimum absolute atomic E-state index is 0.0728. The minimum atomic E-state index is -0.578. The lowest BCUT2D eigenvalue weighted by Crippen LogP contribution is -2.67. The first kappa shape index (κ1) is 15.9. The molecule has 0 bridgehead atoms. The molecule has 0 aromatic heterocycles. The van der Waals surface area contributed by atoms with E-state index >= 15 is 0 Å². The van der Waals surface area contributed by atoms with E-state index in [1.54, 1.807) is 0 Å². The van der Waals surface area contributed by atoms with Crippen LogP contribution in [0.15, 0.2) is 0 Å². The van der Waals surface area contributed by atoms with Gasteiger partial charge in [0.15, 0.2) is 0 Å². The first-order chi connectivity index (χ1) is 7.15. The normalized spacial score (nSPS) is 53.4. The third-order valence-electron chi connectivity index (χ3n) is 6.35. The fourth-order valence-corrected chi connectivity index (χ4v) is 4.30. The number of thiol groups is 2. The Hall–Kier alpha value is 0.830. The van der Waals surface area contributed by atoms with Gasteiger partial charge in [-0.15, -0.1) is 0 Å². The van der Waals surface area contributed by atoms with E-state index in [1.807, 2.05) is 13.8 Å². The van der Waals surface area contributed by atoms with Crippen LogP contribution in [0.25, 0.3) is 0 Å². The predicted molar refractivity (Wildman–Crippen MR) is 86.0 cm³/mol. The molecule has 1 fully saturated rings. The van der Waals surface area contributed by atoms with Gasteiger partial charge in [-0.2, -0.15) is 25.3 Å².